The van der Waals surface area contributed by atoms with Crippen molar-refractivity contribution in [2.45, 2.75) is 6.54 Å². The Morgan fingerprint density at radius 1 is 1.45 bits per heavy atom. The van der Waals surface area contributed by atoms with Crippen LogP contribution in [0.15, 0.2) is 41.6 Å². The van der Waals surface area contributed by atoms with Gasteiger partial charge >= 0.3 is 0 Å². The zero-order valence-corrected chi connectivity index (χ0v) is 11.9. The van der Waals surface area contributed by atoms with Crippen LogP contribution in [0, 0.1) is 0 Å². The Kier molecular flexibility index (Phi) is 4.79. The van der Waals surface area contributed by atoms with Crippen molar-refractivity contribution in [1.29, 1.82) is 0 Å². The number of primary amides is 1. The minimum Gasteiger partial charge on any atom is -0.480 e. The maximum atomic E-state index is 11.3. The highest BCUT2D eigenvalue weighted by molar-refractivity contribution is 5.95. The summed E-state index contributed by atoms with van der Waals surface area (Å²) >= 11 is 0. The van der Waals surface area contributed by atoms with Gasteiger partial charge in [-0.3, -0.25) is 4.79 Å². The number of nitrogens with two attached hydrogens (primary N) is 1. The lowest BCUT2D eigenvalue weighted by molar-refractivity contribution is 0.0996. The van der Waals surface area contributed by atoms with Crippen LogP contribution in [0.4, 0.5) is 11.4 Å². The average Bonchev–Trinajstić information content (AvgIpc) is 2.54. The predicted molar refractivity (Wildman–Crippen MR) is 81.9 cm³/mol. The second-order valence-corrected chi connectivity index (χ2v) is 4.35. The van der Waals surface area contributed by atoms with Gasteiger partial charge < -0.3 is 15.8 Å². The van der Waals surface area contributed by atoms with E-state index in [0.29, 0.717) is 17.9 Å². The molecule has 2 aromatic rings. The minimum absolute atomic E-state index is 0.191. The molecule has 0 fully saturated rings. The zero-order valence-electron chi connectivity index (χ0n) is 11.9. The number of rotatable bonds is 6. The minimum atomic E-state index is -0.605. The molecule has 8 heteroatoms. The number of carbonyl (C=O) groups is 1. The van der Waals surface area contributed by atoms with E-state index < -0.39 is 5.91 Å². The van der Waals surface area contributed by atoms with E-state index in [1.54, 1.807) is 24.4 Å². The van der Waals surface area contributed by atoms with Crippen LogP contribution < -0.4 is 15.8 Å². The van der Waals surface area contributed by atoms with E-state index in [2.05, 4.69) is 20.3 Å². The molecule has 0 saturated carbocycles. The quantitative estimate of drug-likeness (QED) is 0.483. The van der Waals surface area contributed by atoms with E-state index in [4.69, 9.17) is 16.0 Å². The summed E-state index contributed by atoms with van der Waals surface area (Å²) in [6.45, 7) is 0.517. The average molecular weight is 298 g/mol. The molecule has 0 aliphatic rings. The Morgan fingerprint density at radius 3 is 2.77 bits per heavy atom. The van der Waals surface area contributed by atoms with Crippen LogP contribution in [0.5, 0.6) is 5.88 Å². The molecule has 0 atom stereocenters. The third-order valence-electron chi connectivity index (χ3n) is 2.90. The van der Waals surface area contributed by atoms with Gasteiger partial charge in [0.05, 0.1) is 19.0 Å². The summed E-state index contributed by atoms with van der Waals surface area (Å²) in [5, 5.41) is 6.63. The molecule has 0 aliphatic carbocycles. The first-order valence-corrected chi connectivity index (χ1v) is 6.36. The van der Waals surface area contributed by atoms with E-state index in [0.717, 1.165) is 5.56 Å². The first-order chi connectivity index (χ1) is 10.6. The molecule has 2 rings (SSSR count). The first-order valence-electron chi connectivity index (χ1n) is 6.36. The van der Waals surface area contributed by atoms with Gasteiger partial charge in [0.15, 0.2) is 0 Å². The number of azide groups is 1. The van der Waals surface area contributed by atoms with Gasteiger partial charge in [-0.25, -0.2) is 4.98 Å². The number of ether oxygens (including phenoxy) is 1. The molecule has 0 spiro atoms. The van der Waals surface area contributed by atoms with E-state index in [9.17, 15) is 4.79 Å². The number of hydrogen-bond acceptors (Lipinski definition) is 5. The normalized spacial score (nSPS) is 9.68. The van der Waals surface area contributed by atoms with Gasteiger partial charge in [-0.1, -0.05) is 29.4 Å². The Bertz CT molecular complexity index is 723. The molecule has 1 aromatic carbocycles. The molecule has 1 amide bonds. The number of aromatic nitrogens is 1. The van der Waals surface area contributed by atoms with Crippen molar-refractivity contribution in [2.24, 2.45) is 10.8 Å². The molecule has 0 unspecified atom stereocenters. The van der Waals surface area contributed by atoms with Crippen molar-refractivity contribution in [3.63, 3.8) is 0 Å². The summed E-state index contributed by atoms with van der Waals surface area (Å²) in [5.41, 5.74) is 16.0. The number of nitrogens with zero attached hydrogens (tertiary/aromatic N) is 4. The van der Waals surface area contributed by atoms with Crippen molar-refractivity contribution in [3.05, 3.63) is 58.1 Å². The third kappa shape index (κ3) is 3.65. The van der Waals surface area contributed by atoms with Crippen LogP contribution in [0.3, 0.4) is 0 Å². The second kappa shape index (κ2) is 6.96. The smallest absolute Gasteiger partial charge is 0.254 e. The van der Waals surface area contributed by atoms with Crippen molar-refractivity contribution in [3.8, 4) is 5.88 Å². The summed E-state index contributed by atoms with van der Waals surface area (Å²) in [4.78, 5) is 18.1. The summed E-state index contributed by atoms with van der Waals surface area (Å²) in [5.74, 6) is -0.413. The number of amides is 1. The number of benzene rings is 1. The van der Waals surface area contributed by atoms with E-state index in [1.165, 1.54) is 7.11 Å². The standard InChI is InChI=1S/C14H14N6O2/c1-22-14-12(13(15)21)6-11(8-18-14)17-7-9-2-4-10(5-3-9)19-20-16/h2-6,8,17H,7H2,1H3,(H2,15,21). The van der Waals surface area contributed by atoms with Crippen molar-refractivity contribution >= 4 is 17.3 Å². The van der Waals surface area contributed by atoms with Crippen molar-refractivity contribution in [1.82, 2.24) is 4.98 Å². The molecular formula is C14H14N6O2. The molecule has 1 heterocycles. The van der Waals surface area contributed by atoms with Gasteiger partial charge in [0.1, 0.15) is 5.56 Å². The van der Waals surface area contributed by atoms with E-state index in [1.807, 2.05) is 12.1 Å². The number of nitrogens with one attached hydrogen (secondary N) is 1. The molecule has 0 radical (unpaired) electrons. The largest absolute Gasteiger partial charge is 0.480 e. The van der Waals surface area contributed by atoms with E-state index >= 15 is 0 Å². The molecule has 0 bridgehead atoms. The highest BCUT2D eigenvalue weighted by Gasteiger charge is 2.11. The zero-order chi connectivity index (χ0) is 15.9. The molecule has 1 aromatic heterocycles. The summed E-state index contributed by atoms with van der Waals surface area (Å²) < 4.78 is 4.98. The Hall–Kier alpha value is -3.25. The maximum Gasteiger partial charge on any atom is 0.254 e. The number of methoxy groups -OCH3 is 1. The Labute approximate surface area is 126 Å². The molecule has 0 aliphatic heterocycles. The van der Waals surface area contributed by atoms with Gasteiger partial charge in [0, 0.05) is 17.1 Å². The van der Waals surface area contributed by atoms with Crippen LogP contribution in [0.1, 0.15) is 15.9 Å². The third-order valence-corrected chi connectivity index (χ3v) is 2.90. The lowest BCUT2D eigenvalue weighted by Gasteiger charge is -2.09. The maximum absolute atomic E-state index is 11.3. The lowest BCUT2D eigenvalue weighted by Crippen LogP contribution is -2.14. The van der Waals surface area contributed by atoms with Crippen LogP contribution in [-0.2, 0) is 6.54 Å². The molecule has 112 valence electrons. The molecule has 0 saturated heterocycles. The van der Waals surface area contributed by atoms with Crippen LogP contribution in [0.2, 0.25) is 0 Å². The number of pyridine rings is 1. The van der Waals surface area contributed by atoms with Gasteiger partial charge in [-0.05, 0) is 17.2 Å². The topological polar surface area (TPSA) is 126 Å². The fourth-order valence-electron chi connectivity index (χ4n) is 1.82. The first kappa shape index (κ1) is 15.1. The summed E-state index contributed by atoms with van der Waals surface area (Å²) in [6.07, 6.45) is 1.56. The molecule has 8 nitrogen and oxygen atoms in total. The second-order valence-electron chi connectivity index (χ2n) is 4.35. The highest BCUT2D eigenvalue weighted by atomic mass is 16.5. The summed E-state index contributed by atoms with van der Waals surface area (Å²) in [6, 6.07) is 8.70. The van der Waals surface area contributed by atoms with Gasteiger partial charge in [0.2, 0.25) is 5.88 Å². The Morgan fingerprint density at radius 2 is 2.18 bits per heavy atom. The fraction of sp³-hybridized carbons (Fsp3) is 0.143. The number of anilines is 1. The monoisotopic (exact) mass is 298 g/mol. The number of hydrogen-bond donors (Lipinski definition) is 2. The van der Waals surface area contributed by atoms with Gasteiger partial charge in [-0.2, -0.15) is 0 Å². The van der Waals surface area contributed by atoms with Crippen molar-refractivity contribution in [2.75, 3.05) is 12.4 Å². The van der Waals surface area contributed by atoms with Gasteiger partial charge in [0.25, 0.3) is 5.91 Å². The number of carbonyl (C=O) groups excluding carboxylic acids is 1. The van der Waals surface area contributed by atoms with Crippen LogP contribution >= 0.6 is 0 Å². The summed E-state index contributed by atoms with van der Waals surface area (Å²) in [7, 11) is 1.42. The molecule has 3 N–H and O–H groups in total. The van der Waals surface area contributed by atoms with Crippen molar-refractivity contribution < 1.29 is 9.53 Å². The van der Waals surface area contributed by atoms with Crippen LogP contribution in [-0.4, -0.2) is 18.0 Å². The van der Waals surface area contributed by atoms with Gasteiger partial charge in [-0.15, -0.1) is 0 Å². The SMILES string of the molecule is COc1ncc(NCc2ccc(N=[N+]=[N-])cc2)cc1C(N)=O. The molecular weight excluding hydrogens is 284 g/mol. The van der Waals surface area contributed by atoms with E-state index in [-0.39, 0.29) is 11.4 Å². The Balaban J connectivity index is 2.09. The predicted octanol–water partition coefficient (Wildman–Crippen LogP) is 2.74. The lowest BCUT2D eigenvalue weighted by atomic mass is 10.2. The molecule has 22 heavy (non-hydrogen) atoms. The fourth-order valence-corrected chi connectivity index (χ4v) is 1.82. The highest BCUT2D eigenvalue weighted by Crippen LogP contribution is 2.20. The van der Waals surface area contributed by atoms with Crippen LogP contribution in [0.25, 0.3) is 10.4 Å².